The van der Waals surface area contributed by atoms with Crippen molar-refractivity contribution < 1.29 is 14.6 Å². The van der Waals surface area contributed by atoms with Crippen molar-refractivity contribution >= 4 is 17.6 Å². The van der Waals surface area contributed by atoms with E-state index in [4.69, 9.17) is 16.3 Å². The van der Waals surface area contributed by atoms with Crippen LogP contribution in [0.2, 0.25) is 5.02 Å². The smallest absolute Gasteiger partial charge is 0.321 e. The van der Waals surface area contributed by atoms with Crippen LogP contribution in [0.4, 0.5) is 0 Å². The molecule has 0 unspecified atom stereocenters. The lowest BCUT2D eigenvalue weighted by molar-refractivity contribution is -0.139. The second kappa shape index (κ2) is 7.02. The van der Waals surface area contributed by atoms with Crippen LogP contribution in [0, 0.1) is 0 Å². The summed E-state index contributed by atoms with van der Waals surface area (Å²) in [7, 11) is 0. The van der Waals surface area contributed by atoms with Crippen LogP contribution in [0.3, 0.4) is 0 Å². The third kappa shape index (κ3) is 3.84. The molecule has 0 amide bonds. The molecule has 1 aliphatic heterocycles. The van der Waals surface area contributed by atoms with Gasteiger partial charge in [0, 0.05) is 23.6 Å². The summed E-state index contributed by atoms with van der Waals surface area (Å²) in [6, 6.07) is 12.7. The normalized spacial score (nSPS) is 14.1. The average Bonchev–Trinajstić information content (AvgIpc) is 3.00. The van der Waals surface area contributed by atoms with Gasteiger partial charge in [-0.3, -0.25) is 10.1 Å². The summed E-state index contributed by atoms with van der Waals surface area (Å²) in [5.74, 6) is -0.0285. The Kier molecular flexibility index (Phi) is 4.84. The first-order valence-electron chi connectivity index (χ1n) is 7.57. The van der Waals surface area contributed by atoms with Gasteiger partial charge in [0.05, 0.1) is 6.61 Å². The van der Waals surface area contributed by atoms with E-state index in [0.29, 0.717) is 24.6 Å². The molecular weight excluding hydrogens is 314 g/mol. The Hall–Kier alpha value is -2.04. The monoisotopic (exact) mass is 331 g/mol. The van der Waals surface area contributed by atoms with Crippen molar-refractivity contribution in [3.63, 3.8) is 0 Å². The molecule has 2 aromatic carbocycles. The molecule has 5 heteroatoms. The van der Waals surface area contributed by atoms with Crippen LogP contribution in [-0.2, 0) is 24.2 Å². The fraction of sp³-hybridized carbons (Fsp3) is 0.278. The van der Waals surface area contributed by atoms with Gasteiger partial charge in [0.25, 0.3) is 0 Å². The molecule has 0 aromatic heterocycles. The zero-order chi connectivity index (χ0) is 16.2. The minimum Gasteiger partial charge on any atom is -0.493 e. The van der Waals surface area contributed by atoms with Crippen molar-refractivity contribution in [2.24, 2.45) is 0 Å². The number of nitrogens with one attached hydrogen (secondary N) is 1. The molecule has 23 heavy (non-hydrogen) atoms. The molecule has 0 saturated heterocycles. The molecular formula is C18H18ClNO3. The number of halogens is 1. The quantitative estimate of drug-likeness (QED) is 0.854. The Morgan fingerprint density at radius 2 is 2.09 bits per heavy atom. The third-order valence-electron chi connectivity index (χ3n) is 3.94. The zero-order valence-corrected chi connectivity index (χ0v) is 13.3. The largest absolute Gasteiger partial charge is 0.493 e. The molecule has 0 fully saturated rings. The minimum absolute atomic E-state index is 0.409. The van der Waals surface area contributed by atoms with E-state index in [-0.39, 0.29) is 0 Å². The summed E-state index contributed by atoms with van der Waals surface area (Å²) in [5.41, 5.74) is 2.98. The molecule has 1 heterocycles. The SMILES string of the molecule is O=C(O)[C@@H](Cc1ccccc1)NCc1cc(Cl)cc2c1OCC2. The van der Waals surface area contributed by atoms with E-state index in [0.717, 1.165) is 28.9 Å². The lowest BCUT2D eigenvalue weighted by atomic mass is 10.0. The van der Waals surface area contributed by atoms with Gasteiger partial charge in [-0.1, -0.05) is 41.9 Å². The number of rotatable bonds is 6. The molecule has 0 bridgehead atoms. The van der Waals surface area contributed by atoms with Crippen LogP contribution < -0.4 is 10.1 Å². The number of carbonyl (C=O) groups is 1. The topological polar surface area (TPSA) is 58.6 Å². The second-order valence-corrected chi connectivity index (χ2v) is 6.05. The molecule has 120 valence electrons. The van der Waals surface area contributed by atoms with Crippen molar-refractivity contribution in [2.45, 2.75) is 25.4 Å². The van der Waals surface area contributed by atoms with Gasteiger partial charge < -0.3 is 9.84 Å². The first kappa shape index (κ1) is 15.8. The van der Waals surface area contributed by atoms with Gasteiger partial charge in [-0.25, -0.2) is 0 Å². The van der Waals surface area contributed by atoms with E-state index in [1.165, 1.54) is 0 Å². The first-order chi connectivity index (χ1) is 11.1. The highest BCUT2D eigenvalue weighted by Crippen LogP contribution is 2.32. The Labute approximate surface area is 140 Å². The standard InChI is InChI=1S/C18H18ClNO3/c19-15-9-13-6-7-23-17(13)14(10-15)11-20-16(18(21)22)8-12-4-2-1-3-5-12/h1-5,9-10,16,20H,6-8,11H2,(H,21,22)/t16-/m1/s1. The molecule has 1 aliphatic rings. The number of hydrogen-bond donors (Lipinski definition) is 2. The van der Waals surface area contributed by atoms with Crippen molar-refractivity contribution in [1.82, 2.24) is 5.32 Å². The molecule has 0 saturated carbocycles. The number of benzene rings is 2. The summed E-state index contributed by atoms with van der Waals surface area (Å²) >= 11 is 6.14. The average molecular weight is 332 g/mol. The fourth-order valence-corrected chi connectivity index (χ4v) is 3.07. The zero-order valence-electron chi connectivity index (χ0n) is 12.6. The maximum absolute atomic E-state index is 11.5. The molecule has 0 spiro atoms. The number of aliphatic carboxylic acids is 1. The van der Waals surface area contributed by atoms with Crippen LogP contribution in [0.1, 0.15) is 16.7 Å². The highest BCUT2D eigenvalue weighted by molar-refractivity contribution is 6.30. The molecule has 3 rings (SSSR count). The fourth-order valence-electron chi connectivity index (χ4n) is 2.81. The summed E-state index contributed by atoms with van der Waals surface area (Å²) in [4.78, 5) is 11.5. The lowest BCUT2D eigenvalue weighted by Crippen LogP contribution is -2.38. The Morgan fingerprint density at radius 1 is 1.30 bits per heavy atom. The van der Waals surface area contributed by atoms with Gasteiger partial charge in [-0.15, -0.1) is 0 Å². The molecule has 4 nitrogen and oxygen atoms in total. The predicted molar refractivity (Wildman–Crippen MR) is 89.1 cm³/mol. The Morgan fingerprint density at radius 3 is 2.83 bits per heavy atom. The first-order valence-corrected chi connectivity index (χ1v) is 7.95. The number of carboxylic acid groups (broad SMARTS) is 1. The van der Waals surface area contributed by atoms with E-state index >= 15 is 0 Å². The van der Waals surface area contributed by atoms with E-state index in [1.807, 2.05) is 42.5 Å². The highest BCUT2D eigenvalue weighted by atomic mass is 35.5. The van der Waals surface area contributed by atoms with E-state index in [1.54, 1.807) is 0 Å². The van der Waals surface area contributed by atoms with Gasteiger partial charge >= 0.3 is 5.97 Å². The van der Waals surface area contributed by atoms with E-state index < -0.39 is 12.0 Å². The molecule has 1 atom stereocenters. The van der Waals surface area contributed by atoms with Gasteiger partial charge in [-0.2, -0.15) is 0 Å². The van der Waals surface area contributed by atoms with Crippen LogP contribution in [0.15, 0.2) is 42.5 Å². The van der Waals surface area contributed by atoms with Gasteiger partial charge in [0.2, 0.25) is 0 Å². The minimum atomic E-state index is -0.867. The number of ether oxygens (including phenoxy) is 1. The Balaban J connectivity index is 1.71. The molecule has 0 aliphatic carbocycles. The van der Waals surface area contributed by atoms with E-state index in [2.05, 4.69) is 5.32 Å². The lowest BCUT2D eigenvalue weighted by Gasteiger charge is -2.16. The maximum atomic E-state index is 11.5. The van der Waals surface area contributed by atoms with Gasteiger partial charge in [0.1, 0.15) is 11.8 Å². The van der Waals surface area contributed by atoms with Gasteiger partial charge in [-0.05, 0) is 29.7 Å². The highest BCUT2D eigenvalue weighted by Gasteiger charge is 2.21. The van der Waals surface area contributed by atoms with Crippen LogP contribution in [-0.4, -0.2) is 23.7 Å². The van der Waals surface area contributed by atoms with Gasteiger partial charge in [0.15, 0.2) is 0 Å². The van der Waals surface area contributed by atoms with Crippen molar-refractivity contribution in [3.8, 4) is 5.75 Å². The predicted octanol–water partition coefficient (Wildman–Crippen LogP) is 3.06. The summed E-state index contributed by atoms with van der Waals surface area (Å²) in [6.45, 7) is 1.06. The number of carboxylic acids is 1. The molecule has 0 radical (unpaired) electrons. The van der Waals surface area contributed by atoms with Crippen LogP contribution in [0.5, 0.6) is 5.75 Å². The number of fused-ring (bicyclic) bond motifs is 1. The summed E-state index contributed by atoms with van der Waals surface area (Å²) in [6.07, 6.45) is 1.27. The van der Waals surface area contributed by atoms with Crippen molar-refractivity contribution in [1.29, 1.82) is 0 Å². The molecule has 2 N–H and O–H groups in total. The molecule has 2 aromatic rings. The van der Waals surface area contributed by atoms with Crippen molar-refractivity contribution in [3.05, 3.63) is 64.2 Å². The number of hydrogen-bond acceptors (Lipinski definition) is 3. The summed E-state index contributed by atoms with van der Waals surface area (Å²) in [5, 5.41) is 13.2. The maximum Gasteiger partial charge on any atom is 0.321 e. The Bertz CT molecular complexity index is 703. The van der Waals surface area contributed by atoms with Crippen molar-refractivity contribution in [2.75, 3.05) is 6.61 Å². The van der Waals surface area contributed by atoms with E-state index in [9.17, 15) is 9.90 Å². The summed E-state index contributed by atoms with van der Waals surface area (Å²) < 4.78 is 5.65. The van der Waals surface area contributed by atoms with Crippen LogP contribution >= 0.6 is 11.6 Å². The second-order valence-electron chi connectivity index (χ2n) is 5.61. The van der Waals surface area contributed by atoms with Crippen LogP contribution in [0.25, 0.3) is 0 Å². The third-order valence-corrected chi connectivity index (χ3v) is 4.16.